The third kappa shape index (κ3) is 2.54. The van der Waals surface area contributed by atoms with Crippen molar-refractivity contribution in [1.29, 1.82) is 0 Å². The van der Waals surface area contributed by atoms with E-state index in [9.17, 15) is 4.79 Å². The molecule has 4 nitrogen and oxygen atoms in total. The fraction of sp³-hybridized carbons (Fsp3) is 0.333. The Labute approximate surface area is 114 Å². The van der Waals surface area contributed by atoms with Crippen LogP contribution < -0.4 is 4.90 Å². The van der Waals surface area contributed by atoms with Crippen molar-refractivity contribution in [2.75, 3.05) is 18.0 Å². The molecule has 18 heavy (non-hydrogen) atoms. The number of hydrogen-bond acceptors (Lipinski definition) is 5. The Kier molecular flexibility index (Phi) is 3.98. The number of carboxylic acids is 1. The van der Waals surface area contributed by atoms with Crippen molar-refractivity contribution < 1.29 is 9.90 Å². The van der Waals surface area contributed by atoms with E-state index in [-0.39, 0.29) is 0 Å². The number of thiazole rings is 1. The number of carbonyl (C=O) groups is 1. The van der Waals surface area contributed by atoms with Crippen molar-refractivity contribution in [3.05, 3.63) is 22.4 Å². The number of carboxylic acid groups (broad SMARTS) is 1. The van der Waals surface area contributed by atoms with Gasteiger partial charge in [-0.2, -0.15) is 0 Å². The Hall–Kier alpha value is -1.40. The molecular formula is C12H14N2O2S2. The molecule has 0 bridgehead atoms. The van der Waals surface area contributed by atoms with Gasteiger partial charge >= 0.3 is 5.97 Å². The smallest absolute Gasteiger partial charge is 0.336 e. The monoisotopic (exact) mass is 282 g/mol. The van der Waals surface area contributed by atoms with Crippen LogP contribution in [-0.4, -0.2) is 29.1 Å². The Morgan fingerprint density at radius 1 is 1.33 bits per heavy atom. The van der Waals surface area contributed by atoms with E-state index in [1.54, 1.807) is 22.8 Å². The second kappa shape index (κ2) is 5.49. The van der Waals surface area contributed by atoms with Crippen LogP contribution in [0.1, 0.15) is 24.2 Å². The van der Waals surface area contributed by atoms with Gasteiger partial charge in [-0.3, -0.25) is 0 Å². The minimum atomic E-state index is -0.892. The molecule has 0 spiro atoms. The largest absolute Gasteiger partial charge is 0.478 e. The Morgan fingerprint density at radius 2 is 2.06 bits per heavy atom. The molecule has 0 radical (unpaired) electrons. The molecule has 2 rings (SSSR count). The molecule has 0 saturated heterocycles. The van der Waals surface area contributed by atoms with Crippen molar-refractivity contribution in [1.82, 2.24) is 4.98 Å². The minimum Gasteiger partial charge on any atom is -0.478 e. The molecule has 0 aliphatic heterocycles. The first kappa shape index (κ1) is 13.0. The molecule has 2 heterocycles. The van der Waals surface area contributed by atoms with Gasteiger partial charge in [-0.15, -0.1) is 22.7 Å². The summed E-state index contributed by atoms with van der Waals surface area (Å²) in [6.07, 6.45) is 0. The van der Waals surface area contributed by atoms with Crippen LogP contribution in [-0.2, 0) is 0 Å². The quantitative estimate of drug-likeness (QED) is 0.913. The van der Waals surface area contributed by atoms with Crippen LogP contribution in [0.2, 0.25) is 0 Å². The highest BCUT2D eigenvalue weighted by molar-refractivity contribution is 7.16. The third-order valence-corrected chi connectivity index (χ3v) is 4.48. The van der Waals surface area contributed by atoms with Gasteiger partial charge < -0.3 is 10.0 Å². The number of rotatable bonds is 5. The van der Waals surface area contributed by atoms with Gasteiger partial charge in [0.15, 0.2) is 5.13 Å². The molecule has 0 fully saturated rings. The molecular weight excluding hydrogens is 268 g/mol. The average molecular weight is 282 g/mol. The topological polar surface area (TPSA) is 53.4 Å². The van der Waals surface area contributed by atoms with Gasteiger partial charge in [-0.1, -0.05) is 0 Å². The summed E-state index contributed by atoms with van der Waals surface area (Å²) in [5.74, 6) is -0.892. The fourth-order valence-electron chi connectivity index (χ4n) is 1.60. The molecule has 0 aliphatic carbocycles. The molecule has 0 aliphatic rings. The molecule has 6 heteroatoms. The molecule has 0 atom stereocenters. The predicted molar refractivity (Wildman–Crippen MR) is 75.9 cm³/mol. The summed E-state index contributed by atoms with van der Waals surface area (Å²) in [4.78, 5) is 18.5. The Balaban J connectivity index is 2.26. The number of hydrogen-bond donors (Lipinski definition) is 1. The van der Waals surface area contributed by atoms with Crippen LogP contribution >= 0.6 is 22.7 Å². The van der Waals surface area contributed by atoms with Crippen molar-refractivity contribution in [3.63, 3.8) is 0 Å². The van der Waals surface area contributed by atoms with Crippen LogP contribution in [0.3, 0.4) is 0 Å². The van der Waals surface area contributed by atoms with Crippen molar-refractivity contribution in [3.8, 4) is 10.6 Å². The molecule has 2 aromatic rings. The second-order valence-electron chi connectivity index (χ2n) is 3.69. The lowest BCUT2D eigenvalue weighted by atomic mass is 10.3. The highest BCUT2D eigenvalue weighted by atomic mass is 32.1. The lowest BCUT2D eigenvalue weighted by molar-refractivity contribution is 0.0697. The third-order valence-electron chi connectivity index (χ3n) is 2.62. The van der Waals surface area contributed by atoms with Crippen molar-refractivity contribution >= 4 is 33.8 Å². The van der Waals surface area contributed by atoms with E-state index in [1.807, 2.05) is 5.38 Å². The number of aromatic carboxylic acids is 1. The summed E-state index contributed by atoms with van der Waals surface area (Å²) in [6, 6.07) is 1.67. The standard InChI is InChI=1S/C12H14N2O2S2/c1-3-14(4-2)12-13-9(7-18-12)10-5-8(6-17-10)11(15)16/h5-7H,3-4H2,1-2H3,(H,15,16). The lowest BCUT2D eigenvalue weighted by Crippen LogP contribution is -2.21. The molecule has 0 aromatic carbocycles. The van der Waals surface area contributed by atoms with Gasteiger partial charge in [0, 0.05) is 23.8 Å². The van der Waals surface area contributed by atoms with E-state index >= 15 is 0 Å². The van der Waals surface area contributed by atoms with Crippen LogP contribution in [0.15, 0.2) is 16.8 Å². The number of anilines is 1. The van der Waals surface area contributed by atoms with Crippen LogP contribution in [0.25, 0.3) is 10.6 Å². The van der Waals surface area contributed by atoms with E-state index in [0.29, 0.717) is 5.56 Å². The van der Waals surface area contributed by atoms with Crippen molar-refractivity contribution in [2.45, 2.75) is 13.8 Å². The van der Waals surface area contributed by atoms with Crippen LogP contribution in [0, 0.1) is 0 Å². The van der Waals surface area contributed by atoms with Crippen LogP contribution in [0.5, 0.6) is 0 Å². The zero-order valence-electron chi connectivity index (χ0n) is 10.2. The summed E-state index contributed by atoms with van der Waals surface area (Å²) < 4.78 is 0. The summed E-state index contributed by atoms with van der Waals surface area (Å²) in [5, 5.41) is 13.5. The van der Waals surface area contributed by atoms with E-state index in [4.69, 9.17) is 5.11 Å². The van der Waals surface area contributed by atoms with Gasteiger partial charge in [0.25, 0.3) is 0 Å². The first-order chi connectivity index (χ1) is 8.65. The lowest BCUT2D eigenvalue weighted by Gasteiger charge is -2.16. The molecule has 96 valence electrons. The highest BCUT2D eigenvalue weighted by Gasteiger charge is 2.12. The second-order valence-corrected chi connectivity index (χ2v) is 5.44. The maximum Gasteiger partial charge on any atom is 0.336 e. The van der Waals surface area contributed by atoms with Gasteiger partial charge in [0.1, 0.15) is 0 Å². The number of thiophene rings is 1. The van der Waals surface area contributed by atoms with E-state index in [1.165, 1.54) is 11.3 Å². The molecule has 2 aromatic heterocycles. The van der Waals surface area contributed by atoms with Crippen molar-refractivity contribution in [2.24, 2.45) is 0 Å². The van der Waals surface area contributed by atoms with E-state index in [0.717, 1.165) is 28.8 Å². The summed E-state index contributed by atoms with van der Waals surface area (Å²) in [6.45, 7) is 6.04. The van der Waals surface area contributed by atoms with Gasteiger partial charge in [-0.25, -0.2) is 9.78 Å². The Bertz CT molecular complexity index is 544. The predicted octanol–water partition coefficient (Wildman–Crippen LogP) is 3.42. The maximum atomic E-state index is 10.8. The maximum absolute atomic E-state index is 10.8. The molecule has 1 N–H and O–H groups in total. The highest BCUT2D eigenvalue weighted by Crippen LogP contribution is 2.31. The average Bonchev–Trinajstić information content (AvgIpc) is 2.98. The number of aromatic nitrogens is 1. The van der Waals surface area contributed by atoms with E-state index < -0.39 is 5.97 Å². The van der Waals surface area contributed by atoms with Gasteiger partial charge in [0.05, 0.1) is 16.1 Å². The Morgan fingerprint density at radius 3 is 2.61 bits per heavy atom. The number of nitrogens with zero attached hydrogens (tertiary/aromatic N) is 2. The minimum absolute atomic E-state index is 0.326. The van der Waals surface area contributed by atoms with E-state index in [2.05, 4.69) is 23.7 Å². The zero-order chi connectivity index (χ0) is 13.1. The zero-order valence-corrected chi connectivity index (χ0v) is 11.8. The molecule has 0 amide bonds. The first-order valence-electron chi connectivity index (χ1n) is 5.68. The normalized spacial score (nSPS) is 10.6. The van der Waals surface area contributed by atoms with Crippen LogP contribution in [0.4, 0.5) is 5.13 Å². The van der Waals surface area contributed by atoms with Gasteiger partial charge in [0.2, 0.25) is 0 Å². The molecule has 0 unspecified atom stereocenters. The molecule has 0 saturated carbocycles. The summed E-state index contributed by atoms with van der Waals surface area (Å²) >= 11 is 3.01. The summed E-state index contributed by atoms with van der Waals surface area (Å²) in [7, 11) is 0. The first-order valence-corrected chi connectivity index (χ1v) is 7.44. The fourth-order valence-corrected chi connectivity index (χ4v) is 3.47. The summed E-state index contributed by atoms with van der Waals surface area (Å²) in [5.41, 5.74) is 1.19. The SMILES string of the molecule is CCN(CC)c1nc(-c2cc(C(=O)O)cs2)cs1. The van der Waals surface area contributed by atoms with Gasteiger partial charge in [-0.05, 0) is 19.9 Å².